The molecule has 0 aliphatic heterocycles. The van der Waals surface area contributed by atoms with Crippen LogP contribution in [-0.2, 0) is 12.8 Å². The standard InChI is InChI=1S/C14H15BrFNS/c1-17-12(9-13-3-2-6-18-13)8-10-7-11(16)4-5-14(10)15/h2-7,12,17H,8-9H2,1H3. The molecule has 1 unspecified atom stereocenters. The number of benzene rings is 1. The molecule has 18 heavy (non-hydrogen) atoms. The summed E-state index contributed by atoms with van der Waals surface area (Å²) in [5.74, 6) is -0.181. The molecular formula is C14H15BrFNS. The van der Waals surface area contributed by atoms with Gasteiger partial charge >= 0.3 is 0 Å². The number of halogens is 2. The molecule has 96 valence electrons. The van der Waals surface area contributed by atoms with Crippen molar-refractivity contribution in [2.75, 3.05) is 7.05 Å². The normalized spacial score (nSPS) is 12.6. The molecule has 1 aromatic carbocycles. The highest BCUT2D eigenvalue weighted by Gasteiger charge is 2.11. The predicted molar refractivity (Wildman–Crippen MR) is 78.7 cm³/mol. The quantitative estimate of drug-likeness (QED) is 0.874. The van der Waals surface area contributed by atoms with Gasteiger partial charge in [0, 0.05) is 15.4 Å². The molecule has 0 spiro atoms. The third-order valence-corrected chi connectivity index (χ3v) is 4.58. The highest BCUT2D eigenvalue weighted by Crippen LogP contribution is 2.21. The second-order valence-electron chi connectivity index (χ2n) is 4.21. The number of hydrogen-bond acceptors (Lipinski definition) is 2. The second-order valence-corrected chi connectivity index (χ2v) is 6.10. The van der Waals surface area contributed by atoms with E-state index in [1.807, 2.05) is 7.05 Å². The molecule has 1 heterocycles. The number of thiophene rings is 1. The molecule has 0 aliphatic carbocycles. The summed E-state index contributed by atoms with van der Waals surface area (Å²) in [6, 6.07) is 9.36. The van der Waals surface area contributed by atoms with Crippen LogP contribution in [0.4, 0.5) is 4.39 Å². The van der Waals surface area contributed by atoms with E-state index in [4.69, 9.17) is 0 Å². The highest BCUT2D eigenvalue weighted by molar-refractivity contribution is 9.10. The molecule has 1 N–H and O–H groups in total. The van der Waals surface area contributed by atoms with Crippen molar-refractivity contribution in [2.24, 2.45) is 0 Å². The Kier molecular flexibility index (Phi) is 4.92. The van der Waals surface area contributed by atoms with E-state index in [2.05, 4.69) is 38.8 Å². The smallest absolute Gasteiger partial charge is 0.123 e. The summed E-state index contributed by atoms with van der Waals surface area (Å²) in [6.45, 7) is 0. The minimum Gasteiger partial charge on any atom is -0.316 e. The van der Waals surface area contributed by atoms with Gasteiger partial charge in [0.15, 0.2) is 0 Å². The lowest BCUT2D eigenvalue weighted by Gasteiger charge is -2.16. The Hall–Kier alpha value is -0.710. The van der Waals surface area contributed by atoms with Crippen LogP contribution < -0.4 is 5.32 Å². The zero-order chi connectivity index (χ0) is 13.0. The third kappa shape index (κ3) is 3.64. The van der Waals surface area contributed by atoms with Crippen LogP contribution in [0.25, 0.3) is 0 Å². The largest absolute Gasteiger partial charge is 0.316 e. The molecule has 0 saturated carbocycles. The summed E-state index contributed by atoms with van der Waals surface area (Å²) < 4.78 is 14.2. The summed E-state index contributed by atoms with van der Waals surface area (Å²) in [4.78, 5) is 1.35. The van der Waals surface area contributed by atoms with E-state index in [9.17, 15) is 4.39 Å². The maximum absolute atomic E-state index is 13.2. The summed E-state index contributed by atoms with van der Waals surface area (Å²) >= 11 is 5.23. The molecule has 1 nitrogen and oxygen atoms in total. The zero-order valence-electron chi connectivity index (χ0n) is 10.1. The maximum atomic E-state index is 13.2. The average Bonchev–Trinajstić information content (AvgIpc) is 2.85. The van der Waals surface area contributed by atoms with E-state index in [1.165, 1.54) is 10.9 Å². The average molecular weight is 328 g/mol. The summed E-state index contributed by atoms with van der Waals surface area (Å²) in [5, 5.41) is 5.38. The van der Waals surface area contributed by atoms with Gasteiger partial charge in [-0.25, -0.2) is 4.39 Å². The number of hydrogen-bond donors (Lipinski definition) is 1. The first-order valence-electron chi connectivity index (χ1n) is 5.82. The fraction of sp³-hybridized carbons (Fsp3) is 0.286. The Morgan fingerprint density at radius 1 is 1.33 bits per heavy atom. The Labute approximate surface area is 119 Å². The molecule has 0 amide bonds. The molecule has 0 bridgehead atoms. The lowest BCUT2D eigenvalue weighted by Crippen LogP contribution is -2.29. The fourth-order valence-electron chi connectivity index (χ4n) is 1.91. The van der Waals surface area contributed by atoms with Crippen molar-refractivity contribution in [3.8, 4) is 0 Å². The zero-order valence-corrected chi connectivity index (χ0v) is 12.5. The van der Waals surface area contributed by atoms with Gasteiger partial charge in [-0.05, 0) is 55.1 Å². The lowest BCUT2D eigenvalue weighted by molar-refractivity contribution is 0.555. The monoisotopic (exact) mass is 327 g/mol. The maximum Gasteiger partial charge on any atom is 0.123 e. The van der Waals surface area contributed by atoms with E-state index in [0.717, 1.165) is 22.9 Å². The molecule has 4 heteroatoms. The van der Waals surface area contributed by atoms with Gasteiger partial charge in [-0.3, -0.25) is 0 Å². The van der Waals surface area contributed by atoms with E-state index >= 15 is 0 Å². The fourth-order valence-corrected chi connectivity index (χ4v) is 3.11. The first-order chi connectivity index (χ1) is 8.69. The van der Waals surface area contributed by atoms with Crippen LogP contribution in [0.5, 0.6) is 0 Å². The van der Waals surface area contributed by atoms with Crippen molar-refractivity contribution < 1.29 is 4.39 Å². The van der Waals surface area contributed by atoms with Crippen LogP contribution in [0, 0.1) is 5.82 Å². The van der Waals surface area contributed by atoms with E-state index < -0.39 is 0 Å². The minimum absolute atomic E-state index is 0.181. The summed E-state index contributed by atoms with van der Waals surface area (Å²) in [7, 11) is 1.95. The Balaban J connectivity index is 2.07. The molecular weight excluding hydrogens is 313 g/mol. The Morgan fingerprint density at radius 2 is 2.17 bits per heavy atom. The van der Waals surface area contributed by atoms with Gasteiger partial charge in [-0.15, -0.1) is 11.3 Å². The molecule has 0 radical (unpaired) electrons. The van der Waals surface area contributed by atoms with Gasteiger partial charge in [0.2, 0.25) is 0 Å². The van der Waals surface area contributed by atoms with Crippen molar-refractivity contribution in [1.82, 2.24) is 5.32 Å². The first kappa shape index (κ1) is 13.7. The number of rotatable bonds is 5. The van der Waals surface area contributed by atoms with Gasteiger partial charge in [0.1, 0.15) is 5.82 Å². The van der Waals surface area contributed by atoms with E-state index in [0.29, 0.717) is 6.04 Å². The Bertz CT molecular complexity index is 499. The molecule has 1 aromatic heterocycles. The van der Waals surface area contributed by atoms with Gasteiger partial charge < -0.3 is 5.32 Å². The van der Waals surface area contributed by atoms with Gasteiger partial charge in [-0.1, -0.05) is 22.0 Å². The molecule has 0 saturated heterocycles. The van der Waals surface area contributed by atoms with Crippen LogP contribution in [0.3, 0.4) is 0 Å². The first-order valence-corrected chi connectivity index (χ1v) is 7.50. The molecule has 0 fully saturated rings. The topological polar surface area (TPSA) is 12.0 Å². The van der Waals surface area contributed by atoms with Crippen LogP contribution in [0.15, 0.2) is 40.2 Å². The van der Waals surface area contributed by atoms with Crippen molar-refractivity contribution in [1.29, 1.82) is 0 Å². The lowest BCUT2D eigenvalue weighted by atomic mass is 10.0. The number of nitrogens with one attached hydrogen (secondary N) is 1. The summed E-state index contributed by atoms with van der Waals surface area (Å²) in [5.41, 5.74) is 1.01. The highest BCUT2D eigenvalue weighted by atomic mass is 79.9. The van der Waals surface area contributed by atoms with Crippen molar-refractivity contribution in [3.63, 3.8) is 0 Å². The van der Waals surface area contributed by atoms with Crippen molar-refractivity contribution in [2.45, 2.75) is 18.9 Å². The SMILES string of the molecule is CNC(Cc1cccs1)Cc1cc(F)ccc1Br. The van der Waals surface area contributed by atoms with Crippen LogP contribution in [-0.4, -0.2) is 13.1 Å². The van der Waals surface area contributed by atoms with Gasteiger partial charge in [0.25, 0.3) is 0 Å². The summed E-state index contributed by atoms with van der Waals surface area (Å²) in [6.07, 6.45) is 1.78. The van der Waals surface area contributed by atoms with E-state index in [1.54, 1.807) is 23.5 Å². The van der Waals surface area contributed by atoms with Crippen LogP contribution >= 0.6 is 27.3 Å². The van der Waals surface area contributed by atoms with Gasteiger partial charge in [0.05, 0.1) is 0 Å². The molecule has 2 aromatic rings. The van der Waals surface area contributed by atoms with Gasteiger partial charge in [-0.2, -0.15) is 0 Å². The Morgan fingerprint density at radius 3 is 2.83 bits per heavy atom. The number of likely N-dealkylation sites (N-methyl/N-ethyl adjacent to an activating group) is 1. The van der Waals surface area contributed by atoms with Crippen LogP contribution in [0.1, 0.15) is 10.4 Å². The van der Waals surface area contributed by atoms with Crippen LogP contribution in [0.2, 0.25) is 0 Å². The molecule has 1 atom stereocenters. The molecule has 2 rings (SSSR count). The predicted octanol–water partition coefficient (Wildman–Crippen LogP) is 4.02. The van der Waals surface area contributed by atoms with Crippen molar-refractivity contribution in [3.05, 3.63) is 56.4 Å². The molecule has 0 aliphatic rings. The second kappa shape index (κ2) is 6.45. The minimum atomic E-state index is -0.181. The van der Waals surface area contributed by atoms with Crippen molar-refractivity contribution >= 4 is 27.3 Å². The third-order valence-electron chi connectivity index (χ3n) is 2.91. The van der Waals surface area contributed by atoms with E-state index in [-0.39, 0.29) is 5.82 Å².